The Kier molecular flexibility index (Phi) is 6.88. The predicted molar refractivity (Wildman–Crippen MR) is 43.3 cm³/mol. The Morgan fingerprint density at radius 3 is 2.27 bits per heavy atom. The molecular weight excluding hydrogens is 190 g/mol. The SMILES string of the molecule is C#CC(CC)OP(=O)(O)O.Cl. The highest BCUT2D eigenvalue weighted by Gasteiger charge is 2.18. The van der Waals surface area contributed by atoms with Crippen LogP contribution in [0, 0.1) is 12.3 Å². The third-order valence-corrected chi connectivity index (χ3v) is 1.35. The van der Waals surface area contributed by atoms with E-state index in [0.29, 0.717) is 6.42 Å². The molecule has 0 aliphatic rings. The Morgan fingerprint density at radius 2 is 2.18 bits per heavy atom. The minimum atomic E-state index is -4.40. The van der Waals surface area contributed by atoms with Gasteiger partial charge >= 0.3 is 7.82 Å². The van der Waals surface area contributed by atoms with Gasteiger partial charge in [-0.3, -0.25) is 4.52 Å². The van der Waals surface area contributed by atoms with E-state index in [9.17, 15) is 4.57 Å². The number of phosphoric ester groups is 1. The average molecular weight is 201 g/mol. The van der Waals surface area contributed by atoms with Crippen LogP contribution < -0.4 is 0 Å². The van der Waals surface area contributed by atoms with E-state index in [4.69, 9.17) is 16.2 Å². The minimum Gasteiger partial charge on any atom is -0.303 e. The number of hydrogen-bond acceptors (Lipinski definition) is 2. The minimum absolute atomic E-state index is 0. The van der Waals surface area contributed by atoms with Crippen molar-refractivity contribution in [2.24, 2.45) is 0 Å². The molecule has 4 nitrogen and oxygen atoms in total. The smallest absolute Gasteiger partial charge is 0.303 e. The van der Waals surface area contributed by atoms with Crippen LogP contribution in [0.25, 0.3) is 0 Å². The van der Waals surface area contributed by atoms with E-state index in [1.54, 1.807) is 6.92 Å². The van der Waals surface area contributed by atoms with Gasteiger partial charge in [0, 0.05) is 0 Å². The van der Waals surface area contributed by atoms with Crippen LogP contribution in [-0.2, 0) is 9.09 Å². The first kappa shape index (κ1) is 13.5. The highest BCUT2D eigenvalue weighted by Crippen LogP contribution is 2.37. The predicted octanol–water partition coefficient (Wildman–Crippen LogP) is 0.929. The van der Waals surface area contributed by atoms with Crippen molar-refractivity contribution in [1.82, 2.24) is 0 Å². The monoisotopic (exact) mass is 200 g/mol. The van der Waals surface area contributed by atoms with Crippen LogP contribution in [0.5, 0.6) is 0 Å². The molecule has 1 atom stereocenters. The zero-order chi connectivity index (χ0) is 8.20. The molecule has 0 saturated heterocycles. The molecule has 0 saturated carbocycles. The molecule has 0 spiro atoms. The van der Waals surface area contributed by atoms with Crippen LogP contribution in [0.2, 0.25) is 0 Å². The third-order valence-electron chi connectivity index (χ3n) is 0.821. The third kappa shape index (κ3) is 7.86. The first-order valence-corrected chi connectivity index (χ1v) is 4.22. The molecule has 0 aromatic carbocycles. The van der Waals surface area contributed by atoms with Crippen molar-refractivity contribution in [3.8, 4) is 12.3 Å². The maximum absolute atomic E-state index is 10.1. The molecule has 11 heavy (non-hydrogen) atoms. The number of hydrogen-bond donors (Lipinski definition) is 2. The Morgan fingerprint density at radius 1 is 1.73 bits per heavy atom. The van der Waals surface area contributed by atoms with E-state index in [1.807, 2.05) is 0 Å². The first-order chi connectivity index (χ1) is 4.49. The van der Waals surface area contributed by atoms with Crippen LogP contribution in [0.15, 0.2) is 0 Å². The molecule has 0 fully saturated rings. The summed E-state index contributed by atoms with van der Waals surface area (Å²) in [4.78, 5) is 16.5. The summed E-state index contributed by atoms with van der Waals surface area (Å²) in [6, 6.07) is 0. The summed E-state index contributed by atoms with van der Waals surface area (Å²) in [6.45, 7) is 1.68. The largest absolute Gasteiger partial charge is 0.470 e. The van der Waals surface area contributed by atoms with E-state index >= 15 is 0 Å². The van der Waals surface area contributed by atoms with Crippen LogP contribution in [-0.4, -0.2) is 15.9 Å². The summed E-state index contributed by atoms with van der Waals surface area (Å²) in [7, 11) is -4.40. The zero-order valence-corrected chi connectivity index (χ0v) is 7.64. The standard InChI is InChI=1S/C5H9O4P.ClH/c1-3-5(4-2)9-10(6,7)8;/h1,5H,4H2,2H3,(H2,6,7,8);1H. The second-order valence-corrected chi connectivity index (χ2v) is 2.85. The molecule has 0 aromatic heterocycles. The molecule has 6 heteroatoms. The van der Waals surface area contributed by atoms with Crippen molar-refractivity contribution >= 4 is 20.2 Å². The molecule has 0 heterocycles. The normalized spacial score (nSPS) is 12.9. The van der Waals surface area contributed by atoms with E-state index in [0.717, 1.165) is 0 Å². The van der Waals surface area contributed by atoms with Crippen molar-refractivity contribution in [2.75, 3.05) is 0 Å². The number of halogens is 1. The molecule has 0 aliphatic carbocycles. The van der Waals surface area contributed by atoms with Gasteiger partial charge in [-0.1, -0.05) is 12.8 Å². The number of terminal acetylenes is 1. The van der Waals surface area contributed by atoms with Gasteiger partial charge in [-0.15, -0.1) is 18.8 Å². The Labute approximate surface area is 71.6 Å². The fourth-order valence-corrected chi connectivity index (χ4v) is 0.930. The van der Waals surface area contributed by atoms with Crippen molar-refractivity contribution in [3.63, 3.8) is 0 Å². The van der Waals surface area contributed by atoms with Crippen molar-refractivity contribution in [3.05, 3.63) is 0 Å². The van der Waals surface area contributed by atoms with E-state index < -0.39 is 13.9 Å². The summed E-state index contributed by atoms with van der Waals surface area (Å²) in [5.74, 6) is 2.09. The molecule has 2 N–H and O–H groups in total. The highest BCUT2D eigenvalue weighted by molar-refractivity contribution is 7.46. The lowest BCUT2D eigenvalue weighted by Crippen LogP contribution is -2.05. The fraction of sp³-hybridized carbons (Fsp3) is 0.600. The summed E-state index contributed by atoms with van der Waals surface area (Å²) >= 11 is 0. The lowest BCUT2D eigenvalue weighted by molar-refractivity contribution is 0.164. The van der Waals surface area contributed by atoms with E-state index in [-0.39, 0.29) is 12.4 Å². The van der Waals surface area contributed by atoms with Crippen molar-refractivity contribution < 1.29 is 18.9 Å². The second kappa shape index (κ2) is 5.59. The van der Waals surface area contributed by atoms with Gasteiger partial charge in [-0.05, 0) is 6.42 Å². The Balaban J connectivity index is 0. The van der Waals surface area contributed by atoms with Crippen LogP contribution in [0.1, 0.15) is 13.3 Å². The lowest BCUT2D eigenvalue weighted by atomic mass is 10.3. The number of rotatable bonds is 3. The number of phosphoric acid groups is 1. The summed E-state index contributed by atoms with van der Waals surface area (Å²) in [5.41, 5.74) is 0. The van der Waals surface area contributed by atoms with Gasteiger partial charge in [-0.2, -0.15) is 0 Å². The topological polar surface area (TPSA) is 66.8 Å². The van der Waals surface area contributed by atoms with Gasteiger partial charge in [0.25, 0.3) is 0 Å². The molecule has 1 unspecified atom stereocenters. The van der Waals surface area contributed by atoms with Crippen LogP contribution in [0.3, 0.4) is 0 Å². The Hall–Kier alpha value is -0.0400. The van der Waals surface area contributed by atoms with Crippen molar-refractivity contribution in [2.45, 2.75) is 19.4 Å². The van der Waals surface area contributed by atoms with Gasteiger partial charge < -0.3 is 9.79 Å². The molecule has 0 radical (unpaired) electrons. The molecule has 66 valence electrons. The molecular formula is C5H10ClO4P. The maximum atomic E-state index is 10.1. The molecule has 0 bridgehead atoms. The first-order valence-electron chi connectivity index (χ1n) is 2.69. The maximum Gasteiger partial charge on any atom is 0.470 e. The second-order valence-electron chi connectivity index (χ2n) is 1.66. The molecule has 0 aliphatic heterocycles. The van der Waals surface area contributed by atoms with E-state index in [1.165, 1.54) is 0 Å². The fourth-order valence-electron chi connectivity index (χ4n) is 0.389. The van der Waals surface area contributed by atoms with E-state index in [2.05, 4.69) is 10.4 Å². The van der Waals surface area contributed by atoms with Gasteiger partial charge in [0.2, 0.25) is 0 Å². The van der Waals surface area contributed by atoms with Crippen LogP contribution >= 0.6 is 20.2 Å². The molecule has 0 amide bonds. The van der Waals surface area contributed by atoms with Crippen LogP contribution in [0.4, 0.5) is 0 Å². The van der Waals surface area contributed by atoms with Gasteiger partial charge in [0.1, 0.15) is 6.10 Å². The van der Waals surface area contributed by atoms with Gasteiger partial charge in [0.15, 0.2) is 0 Å². The van der Waals surface area contributed by atoms with Gasteiger partial charge in [-0.25, -0.2) is 4.57 Å². The molecule has 0 rings (SSSR count). The van der Waals surface area contributed by atoms with Crippen molar-refractivity contribution in [1.29, 1.82) is 0 Å². The average Bonchev–Trinajstić information content (AvgIpc) is 1.81. The quantitative estimate of drug-likeness (QED) is 0.525. The highest BCUT2D eigenvalue weighted by atomic mass is 35.5. The summed E-state index contributed by atoms with van der Waals surface area (Å²) < 4.78 is 14.3. The Bertz CT molecular complexity index is 181. The summed E-state index contributed by atoms with van der Waals surface area (Å²) in [6.07, 6.45) is 4.47. The summed E-state index contributed by atoms with van der Waals surface area (Å²) in [5, 5.41) is 0. The van der Waals surface area contributed by atoms with Gasteiger partial charge in [0.05, 0.1) is 0 Å². The molecule has 0 aromatic rings. The zero-order valence-electron chi connectivity index (χ0n) is 5.93. The lowest BCUT2D eigenvalue weighted by Gasteiger charge is -2.09.